The van der Waals surface area contributed by atoms with E-state index in [0.717, 1.165) is 93.6 Å². The standard InChI is InChI=1S/2C60H42N2/c2*1-4-14-43(15-5-1)45-24-33-51(34-25-45)61(53-39-30-49(31-40-53)56-21-11-10-20-55(56)48-18-8-3-9-19-48)52-35-28-47(29-36-52)50-32-41-60-58(42-50)57-22-12-13-23-59(57)62(60)54-37-26-46(27-38-54)44-16-6-2-7-17-44/h2*1-42H/i3D,8D,9D,10D,11D,18D,19D,20D,21D,28D,29D,30D,31D,32D,35D,36D,39D,40D,41D;28D,29D,35D,36D. The molecule has 124 heavy (non-hydrogen) atoms. The monoisotopic (exact) mass is 1600 g/mol. The number of anilines is 6. The Bertz CT molecular complexity index is 8890. The second-order valence-corrected chi connectivity index (χ2v) is 29.7. The molecule has 0 N–H and O–H groups in total. The van der Waals surface area contributed by atoms with Gasteiger partial charge in [-0.15, -0.1) is 0 Å². The molecule has 4 nitrogen and oxygen atoms in total. The largest absolute Gasteiger partial charge is 0.311 e. The van der Waals surface area contributed by atoms with Crippen LogP contribution < -0.4 is 9.80 Å². The van der Waals surface area contributed by atoms with E-state index >= 15 is 0 Å². The topological polar surface area (TPSA) is 16.3 Å². The van der Waals surface area contributed by atoms with Gasteiger partial charge in [-0.3, -0.25) is 0 Å². The lowest BCUT2D eigenvalue weighted by molar-refractivity contribution is 1.18. The molecule has 2 aromatic heterocycles. The number of nitrogens with zero attached hydrogens (tertiary/aromatic N) is 4. The lowest BCUT2D eigenvalue weighted by atomic mass is 9.94. The van der Waals surface area contributed by atoms with E-state index in [1.54, 1.807) is 18.2 Å². The van der Waals surface area contributed by atoms with Gasteiger partial charge in [0.15, 0.2) is 0 Å². The fraction of sp³-hybridized carbons (Fsp3) is 0. The van der Waals surface area contributed by atoms with Crippen molar-refractivity contribution >= 4 is 77.7 Å². The van der Waals surface area contributed by atoms with Crippen molar-refractivity contribution in [1.82, 2.24) is 9.13 Å². The van der Waals surface area contributed by atoms with Gasteiger partial charge in [-0.2, -0.15) is 0 Å². The molecule has 20 aromatic carbocycles. The van der Waals surface area contributed by atoms with E-state index in [9.17, 15) is 19.2 Å². The first kappa shape index (κ1) is 53.9. The molecule has 0 unspecified atom stereocenters. The summed E-state index contributed by atoms with van der Waals surface area (Å²) in [5, 5.41) is 3.18. The molecule has 0 aliphatic carbocycles. The number of para-hydroxylation sites is 2. The third-order valence-electron chi connectivity index (χ3n) is 22.3. The van der Waals surface area contributed by atoms with Gasteiger partial charge in [-0.25, -0.2) is 0 Å². The number of hydrogen-bond acceptors (Lipinski definition) is 2. The van der Waals surface area contributed by atoms with Gasteiger partial charge < -0.3 is 18.9 Å². The number of benzene rings is 20. The molecule has 0 spiro atoms. The van der Waals surface area contributed by atoms with Crippen molar-refractivity contribution in [2.24, 2.45) is 0 Å². The van der Waals surface area contributed by atoms with E-state index < -0.39 is 142 Å². The SMILES string of the molecule is [2H]c1c([2H])c(N(c2ccc(-c3ccccc3)cc2)c2ccc(-c3ccccc3-c3ccccc3)cc2)c([2H])c([2H])c1-c1ccc2c(c1)c1ccccc1n2-c1ccc(-c2ccccc2)cc1.[2H]c1c([2H])c([2H])c(-c2c([2H])c([2H])c([2H])c([2H])c2-c2c([2H])c([2H])c(N(c3ccc(-c4ccccc4)cc3)c3c([2H])c([2H])c(-c4cc5c6ccccc6n(-c6ccc(-c7ccccc7)cc6)c5c([2H])c4[2H])c([2H])c3[2H])c([2H])c2[2H])c([2H])c1[2H]. The highest BCUT2D eigenvalue weighted by molar-refractivity contribution is 6.12. The fourth-order valence-electron chi connectivity index (χ4n) is 16.3. The normalized spacial score (nSPS) is 13.8. The van der Waals surface area contributed by atoms with Crippen LogP contribution in [0.25, 0.3) is 166 Å². The number of aromatic nitrogens is 2. The molecular formula is C120H84N4. The second-order valence-electron chi connectivity index (χ2n) is 29.7. The summed E-state index contributed by atoms with van der Waals surface area (Å²) in [6, 6.07) is 105. The number of fused-ring (bicyclic) bond motifs is 6. The molecule has 0 aliphatic heterocycles. The molecule has 22 aromatic rings. The highest BCUT2D eigenvalue weighted by Crippen LogP contribution is 2.45. The summed E-state index contributed by atoms with van der Waals surface area (Å²) >= 11 is 0. The van der Waals surface area contributed by atoms with Gasteiger partial charge >= 0.3 is 0 Å². The minimum atomic E-state index is -0.927. The van der Waals surface area contributed by atoms with Crippen molar-refractivity contribution in [3.05, 3.63) is 509 Å². The van der Waals surface area contributed by atoms with Crippen LogP contribution in [-0.2, 0) is 0 Å². The predicted molar refractivity (Wildman–Crippen MR) is 525 cm³/mol. The predicted octanol–water partition coefficient (Wildman–Crippen LogP) is 33.2. The van der Waals surface area contributed by atoms with Crippen LogP contribution >= 0.6 is 0 Å². The zero-order valence-electron chi connectivity index (χ0n) is 89.5. The Morgan fingerprint density at radius 2 is 0.435 bits per heavy atom. The van der Waals surface area contributed by atoms with Gasteiger partial charge in [0, 0.05) is 67.0 Å². The van der Waals surface area contributed by atoms with Crippen LogP contribution in [0.5, 0.6) is 0 Å². The van der Waals surface area contributed by atoms with E-state index in [0.29, 0.717) is 50.0 Å². The summed E-state index contributed by atoms with van der Waals surface area (Å²) in [6.45, 7) is 0. The second kappa shape index (κ2) is 33.8. The summed E-state index contributed by atoms with van der Waals surface area (Å²) < 4.78 is 217. The van der Waals surface area contributed by atoms with Gasteiger partial charge in [-0.1, -0.05) is 376 Å². The Morgan fingerprint density at radius 1 is 0.153 bits per heavy atom. The third kappa shape index (κ3) is 15.0. The van der Waals surface area contributed by atoms with Crippen molar-refractivity contribution in [2.75, 3.05) is 9.80 Å². The first-order chi connectivity index (χ1) is 71.1. The van der Waals surface area contributed by atoms with Gasteiger partial charge in [0.1, 0.15) is 0 Å². The van der Waals surface area contributed by atoms with Gasteiger partial charge in [0.05, 0.1) is 53.6 Å². The molecule has 0 radical (unpaired) electrons. The van der Waals surface area contributed by atoms with Crippen LogP contribution in [0.15, 0.2) is 509 Å². The molecule has 0 atom stereocenters. The highest BCUT2D eigenvalue weighted by atomic mass is 15.1. The molecule has 0 saturated carbocycles. The maximum atomic E-state index is 9.75. The average Bonchev–Trinajstić information content (AvgIpc) is 1.67. The van der Waals surface area contributed by atoms with Crippen molar-refractivity contribution < 1.29 is 31.5 Å². The highest BCUT2D eigenvalue weighted by Gasteiger charge is 2.21. The molecule has 2 heterocycles. The molecule has 4 heteroatoms. The Labute approximate surface area is 756 Å². The van der Waals surface area contributed by atoms with Crippen LogP contribution in [0, 0.1) is 0 Å². The molecule has 0 saturated heterocycles. The Kier molecular flexibility index (Phi) is 14.7. The number of hydrogen-bond donors (Lipinski definition) is 0. The minimum absolute atomic E-state index is 0.0406. The summed E-state index contributed by atoms with van der Waals surface area (Å²) in [5.41, 5.74) is 15.2. The van der Waals surface area contributed by atoms with Crippen molar-refractivity contribution in [1.29, 1.82) is 0 Å². The zero-order chi connectivity index (χ0) is 103. The van der Waals surface area contributed by atoms with Crippen molar-refractivity contribution in [2.45, 2.75) is 0 Å². The smallest absolute Gasteiger partial charge is 0.0645 e. The van der Waals surface area contributed by atoms with Crippen LogP contribution in [0.4, 0.5) is 34.1 Å². The lowest BCUT2D eigenvalue weighted by Crippen LogP contribution is -2.09. The van der Waals surface area contributed by atoms with Gasteiger partial charge in [0.2, 0.25) is 0 Å². The summed E-state index contributed by atoms with van der Waals surface area (Å²) in [7, 11) is 0. The van der Waals surface area contributed by atoms with Crippen LogP contribution in [-0.4, -0.2) is 9.13 Å². The first-order valence-corrected chi connectivity index (χ1v) is 40.6. The maximum Gasteiger partial charge on any atom is 0.0645 e. The van der Waals surface area contributed by atoms with E-state index in [-0.39, 0.29) is 58.3 Å². The van der Waals surface area contributed by atoms with Crippen LogP contribution in [0.3, 0.4) is 0 Å². The average molecular weight is 1610 g/mol. The summed E-state index contributed by atoms with van der Waals surface area (Å²) in [6.07, 6.45) is 0. The third-order valence-corrected chi connectivity index (χ3v) is 22.3. The summed E-state index contributed by atoms with van der Waals surface area (Å²) in [5.74, 6) is 0. The molecule has 0 amide bonds. The molecule has 584 valence electrons. The maximum absolute atomic E-state index is 9.75. The van der Waals surface area contributed by atoms with E-state index in [4.69, 9.17) is 12.3 Å². The Balaban J connectivity index is 0.000000176. The molecule has 0 fully saturated rings. The first-order valence-electron chi connectivity index (χ1n) is 52.1. The quantitative estimate of drug-likeness (QED) is 0.0851. The Hall–Kier alpha value is -16.4. The molecule has 0 bridgehead atoms. The molecular weight excluding hydrogens is 1500 g/mol. The Morgan fingerprint density at radius 3 is 0.871 bits per heavy atom. The van der Waals surface area contributed by atoms with Crippen molar-refractivity contribution in [3.8, 4) is 123 Å². The molecule has 22 rings (SSSR count). The van der Waals surface area contributed by atoms with E-state index in [1.807, 2.05) is 246 Å². The zero-order valence-corrected chi connectivity index (χ0v) is 66.5. The fourth-order valence-corrected chi connectivity index (χ4v) is 16.3. The van der Waals surface area contributed by atoms with E-state index in [2.05, 4.69) is 108 Å². The van der Waals surface area contributed by atoms with Crippen molar-refractivity contribution in [3.63, 3.8) is 0 Å². The summed E-state index contributed by atoms with van der Waals surface area (Å²) in [4.78, 5) is 2.89. The van der Waals surface area contributed by atoms with E-state index in [1.165, 1.54) is 12.1 Å². The van der Waals surface area contributed by atoms with Gasteiger partial charge in [-0.05, 0) is 245 Å². The lowest BCUT2D eigenvalue weighted by Gasteiger charge is -2.26. The van der Waals surface area contributed by atoms with Crippen LogP contribution in [0.2, 0.25) is 0 Å². The van der Waals surface area contributed by atoms with Gasteiger partial charge in [0.25, 0.3) is 0 Å². The minimum Gasteiger partial charge on any atom is -0.311 e. The van der Waals surface area contributed by atoms with Crippen LogP contribution in [0.1, 0.15) is 31.5 Å². The molecule has 0 aliphatic rings. The number of rotatable bonds is 18.